The quantitative estimate of drug-likeness (QED) is 0.125. The Kier molecular flexibility index (Phi) is 9.54. The zero-order valence-corrected chi connectivity index (χ0v) is 35.5. The maximum absolute atomic E-state index is 2.46. The number of fused-ring (bicyclic) bond motifs is 3. The highest BCUT2D eigenvalue weighted by atomic mass is 15.1. The summed E-state index contributed by atoms with van der Waals surface area (Å²) in [6.07, 6.45) is 8.89. The second-order valence-electron chi connectivity index (χ2n) is 17.0. The zero-order chi connectivity index (χ0) is 41.6. The van der Waals surface area contributed by atoms with E-state index in [9.17, 15) is 0 Å². The van der Waals surface area contributed by atoms with Crippen LogP contribution in [-0.2, 0) is 18.3 Å². The van der Waals surface area contributed by atoms with Crippen molar-refractivity contribution in [1.82, 2.24) is 0 Å². The van der Waals surface area contributed by atoms with Crippen LogP contribution < -0.4 is 4.90 Å². The van der Waals surface area contributed by atoms with E-state index in [2.05, 4.69) is 231 Å². The summed E-state index contributed by atoms with van der Waals surface area (Å²) in [6, 6.07) is 74.2. The molecule has 2 aliphatic carbocycles. The minimum Gasteiger partial charge on any atom is -0.310 e. The van der Waals surface area contributed by atoms with E-state index < -0.39 is 0 Å². The Morgan fingerprint density at radius 2 is 0.968 bits per heavy atom. The van der Waals surface area contributed by atoms with E-state index in [0.717, 1.165) is 37.1 Å². The van der Waals surface area contributed by atoms with E-state index >= 15 is 0 Å². The predicted octanol–water partition coefficient (Wildman–Crippen LogP) is 16.7. The molecule has 0 aliphatic heterocycles. The Morgan fingerprint density at radius 1 is 0.403 bits per heavy atom. The lowest BCUT2D eigenvalue weighted by Crippen LogP contribution is -2.23. The van der Waals surface area contributed by atoms with Crippen molar-refractivity contribution in [3.8, 4) is 44.5 Å². The summed E-state index contributed by atoms with van der Waals surface area (Å²) in [6.45, 7) is 4.72. The third-order valence-corrected chi connectivity index (χ3v) is 13.8. The van der Waals surface area contributed by atoms with Gasteiger partial charge in [-0.1, -0.05) is 184 Å². The number of hydrogen-bond donors (Lipinski definition) is 0. The molecule has 0 saturated heterocycles. The van der Waals surface area contributed by atoms with Crippen molar-refractivity contribution in [2.75, 3.05) is 4.90 Å². The minimum atomic E-state index is -0.0655. The lowest BCUT2D eigenvalue weighted by molar-refractivity contribution is 0.490. The fourth-order valence-corrected chi connectivity index (χ4v) is 10.6. The van der Waals surface area contributed by atoms with Crippen molar-refractivity contribution >= 4 is 40.0 Å². The molecule has 0 aromatic heterocycles. The SMILES string of the molecule is CCC1(CC)c2cc(/C=C/c3ccc(-c4ccc(-c5ccccc5)cc4-c4ccc5c6c(cccc46)CC5)cc3)ccc2-c2ccc(N(c3ccccc3)c3ccccc3)cc21. The van der Waals surface area contributed by atoms with Gasteiger partial charge in [0.1, 0.15) is 0 Å². The Morgan fingerprint density at radius 3 is 1.66 bits per heavy atom. The highest BCUT2D eigenvalue weighted by molar-refractivity contribution is 6.05. The van der Waals surface area contributed by atoms with Crippen LogP contribution in [0.4, 0.5) is 17.1 Å². The average molecular weight is 796 g/mol. The molecule has 11 rings (SSSR count). The summed E-state index contributed by atoms with van der Waals surface area (Å²) < 4.78 is 0. The van der Waals surface area contributed by atoms with Gasteiger partial charge in [-0.2, -0.15) is 0 Å². The van der Waals surface area contributed by atoms with Crippen molar-refractivity contribution in [2.45, 2.75) is 44.9 Å². The van der Waals surface area contributed by atoms with E-state index in [-0.39, 0.29) is 5.41 Å². The summed E-state index contributed by atoms with van der Waals surface area (Å²) in [7, 11) is 0. The van der Waals surface area contributed by atoms with Gasteiger partial charge in [0, 0.05) is 22.5 Å². The largest absolute Gasteiger partial charge is 0.310 e. The highest BCUT2D eigenvalue weighted by Gasteiger charge is 2.41. The van der Waals surface area contributed by atoms with Crippen LogP contribution in [0.2, 0.25) is 0 Å². The van der Waals surface area contributed by atoms with E-state index in [1.165, 1.54) is 94.3 Å². The summed E-state index contributed by atoms with van der Waals surface area (Å²) in [5.41, 5.74) is 21.9. The van der Waals surface area contributed by atoms with Gasteiger partial charge in [-0.3, -0.25) is 0 Å². The number of anilines is 3. The molecule has 0 amide bonds. The maximum Gasteiger partial charge on any atom is 0.0465 e. The molecule has 0 bridgehead atoms. The molecular weight excluding hydrogens is 747 g/mol. The Bertz CT molecular complexity index is 3070. The molecule has 0 radical (unpaired) electrons. The van der Waals surface area contributed by atoms with Crippen molar-refractivity contribution < 1.29 is 0 Å². The van der Waals surface area contributed by atoms with Crippen LogP contribution in [0.3, 0.4) is 0 Å². The van der Waals surface area contributed by atoms with Gasteiger partial charge in [-0.05, 0) is 157 Å². The molecule has 298 valence electrons. The molecule has 9 aromatic carbocycles. The van der Waals surface area contributed by atoms with Crippen molar-refractivity contribution in [3.05, 3.63) is 234 Å². The summed E-state index contributed by atoms with van der Waals surface area (Å²) >= 11 is 0. The van der Waals surface area contributed by atoms with Crippen molar-refractivity contribution in [1.29, 1.82) is 0 Å². The first-order valence-corrected chi connectivity index (χ1v) is 22.3. The molecule has 0 N–H and O–H groups in total. The lowest BCUT2D eigenvalue weighted by atomic mass is 9.73. The average Bonchev–Trinajstić information content (AvgIpc) is 3.89. The third-order valence-electron chi connectivity index (χ3n) is 13.8. The summed E-state index contributed by atoms with van der Waals surface area (Å²) in [5.74, 6) is 0. The van der Waals surface area contributed by atoms with E-state index in [1.54, 1.807) is 0 Å². The number of nitrogens with zero attached hydrogens (tertiary/aromatic N) is 1. The van der Waals surface area contributed by atoms with Gasteiger partial charge in [-0.25, -0.2) is 0 Å². The molecule has 1 heteroatoms. The Balaban J connectivity index is 0.920. The second-order valence-corrected chi connectivity index (χ2v) is 17.0. The van der Waals surface area contributed by atoms with Gasteiger partial charge in [0.15, 0.2) is 0 Å². The van der Waals surface area contributed by atoms with Crippen LogP contribution in [0.1, 0.15) is 60.1 Å². The van der Waals surface area contributed by atoms with Gasteiger partial charge in [0.25, 0.3) is 0 Å². The highest BCUT2D eigenvalue weighted by Crippen LogP contribution is 2.54. The fourth-order valence-electron chi connectivity index (χ4n) is 10.6. The van der Waals surface area contributed by atoms with E-state index in [4.69, 9.17) is 0 Å². The van der Waals surface area contributed by atoms with Gasteiger partial charge in [-0.15, -0.1) is 0 Å². The van der Waals surface area contributed by atoms with Gasteiger partial charge in [0.05, 0.1) is 0 Å². The third kappa shape index (κ3) is 6.39. The first-order valence-electron chi connectivity index (χ1n) is 22.3. The molecule has 0 unspecified atom stereocenters. The van der Waals surface area contributed by atoms with Crippen LogP contribution in [0.25, 0.3) is 67.4 Å². The fraction of sp³-hybridized carbons (Fsp3) is 0.115. The van der Waals surface area contributed by atoms with Gasteiger partial charge >= 0.3 is 0 Å². The van der Waals surface area contributed by atoms with E-state index in [1.807, 2.05) is 0 Å². The number of rotatable bonds is 10. The molecule has 0 fully saturated rings. The lowest BCUT2D eigenvalue weighted by Gasteiger charge is -2.32. The smallest absolute Gasteiger partial charge is 0.0465 e. The Hall–Kier alpha value is -7.22. The number of para-hydroxylation sites is 2. The molecule has 1 nitrogen and oxygen atoms in total. The summed E-state index contributed by atoms with van der Waals surface area (Å²) in [5, 5.41) is 2.81. The molecule has 62 heavy (non-hydrogen) atoms. The van der Waals surface area contributed by atoms with Gasteiger partial charge in [0.2, 0.25) is 0 Å². The molecule has 0 spiro atoms. The molecular formula is C61H49N. The molecule has 0 atom stereocenters. The predicted molar refractivity (Wildman–Crippen MR) is 265 cm³/mol. The zero-order valence-electron chi connectivity index (χ0n) is 35.5. The monoisotopic (exact) mass is 795 g/mol. The van der Waals surface area contributed by atoms with Crippen LogP contribution in [0.15, 0.2) is 200 Å². The maximum atomic E-state index is 2.46. The second kappa shape index (κ2) is 15.7. The molecule has 0 heterocycles. The first-order chi connectivity index (χ1) is 30.6. The number of benzene rings is 9. The molecule has 9 aromatic rings. The van der Waals surface area contributed by atoms with Crippen LogP contribution in [0, 0.1) is 0 Å². The van der Waals surface area contributed by atoms with Crippen LogP contribution in [0.5, 0.6) is 0 Å². The number of hydrogen-bond acceptors (Lipinski definition) is 1. The first kappa shape index (κ1) is 37.8. The van der Waals surface area contributed by atoms with Crippen LogP contribution in [-0.4, -0.2) is 0 Å². The van der Waals surface area contributed by atoms with Gasteiger partial charge < -0.3 is 4.90 Å². The van der Waals surface area contributed by atoms with Crippen molar-refractivity contribution in [3.63, 3.8) is 0 Å². The Labute approximate surface area is 366 Å². The summed E-state index contributed by atoms with van der Waals surface area (Å²) in [4.78, 5) is 2.38. The minimum absolute atomic E-state index is 0.0655. The van der Waals surface area contributed by atoms with Crippen LogP contribution >= 0.6 is 0 Å². The van der Waals surface area contributed by atoms with Crippen molar-refractivity contribution in [2.24, 2.45) is 0 Å². The van der Waals surface area contributed by atoms with E-state index in [0.29, 0.717) is 0 Å². The standard InChI is InChI=1S/C61H49N/c1-3-61(4-2)58-39-43(27-35-54(58)55-38-34-51(41-59(55)61)62(49-18-10-6-11-19-49)50-20-12-7-13-21-50)24-23-42-25-28-45(29-26-42)52-36-33-48(44-15-8-5-9-16-44)40-57(52)53-37-32-47-31-30-46-17-14-22-56(53)60(46)47/h5-29,32-41H,3-4,30-31H2,1-2H3/b24-23+. The number of aryl methyl sites for hydroxylation is 2. The molecule has 0 saturated carbocycles. The normalized spacial score (nSPS) is 13.4. The molecule has 2 aliphatic rings. The topological polar surface area (TPSA) is 3.24 Å².